The van der Waals surface area contributed by atoms with Gasteiger partial charge in [-0.05, 0) is 18.6 Å². The predicted molar refractivity (Wildman–Crippen MR) is 85.6 cm³/mol. The van der Waals surface area contributed by atoms with E-state index in [1.807, 2.05) is 0 Å². The minimum atomic E-state index is -0.950. The van der Waals surface area contributed by atoms with Crippen LogP contribution in [0.4, 0.5) is 5.69 Å². The van der Waals surface area contributed by atoms with E-state index < -0.39 is 5.97 Å². The minimum absolute atomic E-state index is 0.230. The van der Waals surface area contributed by atoms with Crippen LogP contribution in [0.15, 0.2) is 24.3 Å². The zero-order valence-electron chi connectivity index (χ0n) is 12.9. The number of aromatic carboxylic acids is 1. The largest absolute Gasteiger partial charge is 0.478 e. The Hall–Kier alpha value is -1.55. The van der Waals surface area contributed by atoms with Gasteiger partial charge in [-0.2, -0.15) is 0 Å². The molecule has 21 heavy (non-hydrogen) atoms. The van der Waals surface area contributed by atoms with Gasteiger partial charge in [-0.1, -0.05) is 64.0 Å². The van der Waals surface area contributed by atoms with Crippen molar-refractivity contribution in [2.75, 3.05) is 12.1 Å². The van der Waals surface area contributed by atoms with Crippen LogP contribution in [-0.2, 0) is 4.84 Å². The van der Waals surface area contributed by atoms with E-state index in [2.05, 4.69) is 12.4 Å². The van der Waals surface area contributed by atoms with Gasteiger partial charge in [0.15, 0.2) is 0 Å². The Labute approximate surface area is 127 Å². The quantitative estimate of drug-likeness (QED) is 0.426. The summed E-state index contributed by atoms with van der Waals surface area (Å²) in [7, 11) is 0. The van der Waals surface area contributed by atoms with Crippen molar-refractivity contribution >= 4 is 11.7 Å². The highest BCUT2D eigenvalue weighted by molar-refractivity contribution is 5.93. The Morgan fingerprint density at radius 2 is 1.67 bits per heavy atom. The number of carbonyl (C=O) groups is 1. The van der Waals surface area contributed by atoms with E-state index in [-0.39, 0.29) is 5.56 Å². The minimum Gasteiger partial charge on any atom is -0.478 e. The molecule has 0 fully saturated rings. The average molecular weight is 293 g/mol. The lowest BCUT2D eigenvalue weighted by molar-refractivity contribution is 0.0696. The maximum Gasteiger partial charge on any atom is 0.337 e. The summed E-state index contributed by atoms with van der Waals surface area (Å²) in [6.45, 7) is 2.83. The van der Waals surface area contributed by atoms with Gasteiger partial charge in [0.2, 0.25) is 0 Å². The second-order valence-corrected chi connectivity index (χ2v) is 5.28. The summed E-state index contributed by atoms with van der Waals surface area (Å²) in [6, 6.07) is 6.75. The van der Waals surface area contributed by atoms with Crippen LogP contribution < -0.4 is 5.48 Å². The van der Waals surface area contributed by atoms with Crippen LogP contribution in [-0.4, -0.2) is 17.7 Å². The van der Waals surface area contributed by atoms with Gasteiger partial charge in [0.05, 0.1) is 17.9 Å². The number of rotatable bonds is 12. The molecule has 4 nitrogen and oxygen atoms in total. The molecular weight excluding hydrogens is 266 g/mol. The molecule has 4 heteroatoms. The summed E-state index contributed by atoms with van der Waals surface area (Å²) >= 11 is 0. The molecule has 118 valence electrons. The van der Waals surface area contributed by atoms with E-state index in [0.29, 0.717) is 12.3 Å². The third kappa shape index (κ3) is 7.71. The van der Waals surface area contributed by atoms with E-state index in [4.69, 9.17) is 9.94 Å². The summed E-state index contributed by atoms with van der Waals surface area (Å²) in [5.41, 5.74) is 3.47. The molecule has 0 unspecified atom stereocenters. The van der Waals surface area contributed by atoms with Crippen LogP contribution in [0.1, 0.15) is 68.6 Å². The van der Waals surface area contributed by atoms with Crippen LogP contribution >= 0.6 is 0 Å². The molecule has 0 aliphatic carbocycles. The van der Waals surface area contributed by atoms with Gasteiger partial charge in [-0.15, -0.1) is 0 Å². The first-order valence-corrected chi connectivity index (χ1v) is 7.95. The van der Waals surface area contributed by atoms with Crippen molar-refractivity contribution in [3.05, 3.63) is 29.8 Å². The highest BCUT2D eigenvalue weighted by Crippen LogP contribution is 2.15. The molecule has 1 aromatic rings. The Kier molecular flexibility index (Phi) is 9.29. The van der Waals surface area contributed by atoms with E-state index in [0.717, 1.165) is 12.8 Å². The molecule has 0 aliphatic rings. The summed E-state index contributed by atoms with van der Waals surface area (Å²) < 4.78 is 0. The van der Waals surface area contributed by atoms with Gasteiger partial charge in [0, 0.05) is 0 Å². The molecule has 2 N–H and O–H groups in total. The van der Waals surface area contributed by atoms with Crippen molar-refractivity contribution in [1.82, 2.24) is 0 Å². The van der Waals surface area contributed by atoms with Gasteiger partial charge in [0.25, 0.3) is 0 Å². The number of unbranched alkanes of at least 4 members (excludes halogenated alkanes) is 7. The maximum atomic E-state index is 11.0. The molecule has 0 spiro atoms. The molecule has 0 heterocycles. The van der Waals surface area contributed by atoms with Gasteiger partial charge < -0.3 is 5.11 Å². The van der Waals surface area contributed by atoms with Crippen molar-refractivity contribution in [2.24, 2.45) is 0 Å². The number of hydrogen-bond donors (Lipinski definition) is 2. The Morgan fingerprint density at radius 1 is 1.05 bits per heavy atom. The molecule has 0 saturated heterocycles. The van der Waals surface area contributed by atoms with Gasteiger partial charge in [-0.25, -0.2) is 4.79 Å². The Balaban J connectivity index is 2.06. The maximum absolute atomic E-state index is 11.0. The summed E-state index contributed by atoms with van der Waals surface area (Å²) in [6.07, 6.45) is 10.0. The molecule has 0 atom stereocenters. The van der Waals surface area contributed by atoms with E-state index in [1.165, 1.54) is 38.5 Å². The number of carboxylic acids is 1. The predicted octanol–water partition coefficient (Wildman–Crippen LogP) is 4.87. The SMILES string of the molecule is CCCCCCCCCCONc1ccccc1C(=O)O. The first-order valence-electron chi connectivity index (χ1n) is 7.95. The highest BCUT2D eigenvalue weighted by atomic mass is 16.6. The number of anilines is 1. The first-order chi connectivity index (χ1) is 10.3. The number of hydrogen-bond acceptors (Lipinski definition) is 3. The molecule has 0 aliphatic heterocycles. The van der Waals surface area contributed by atoms with E-state index in [9.17, 15) is 4.79 Å². The van der Waals surface area contributed by atoms with Crippen molar-refractivity contribution in [1.29, 1.82) is 0 Å². The molecule has 0 saturated carbocycles. The zero-order valence-corrected chi connectivity index (χ0v) is 12.9. The fraction of sp³-hybridized carbons (Fsp3) is 0.588. The van der Waals surface area contributed by atoms with Gasteiger partial charge in [0.1, 0.15) is 0 Å². The summed E-state index contributed by atoms with van der Waals surface area (Å²) in [5, 5.41) is 9.03. The third-order valence-electron chi connectivity index (χ3n) is 3.44. The fourth-order valence-electron chi connectivity index (χ4n) is 2.20. The number of benzene rings is 1. The van der Waals surface area contributed by atoms with Crippen molar-refractivity contribution in [3.63, 3.8) is 0 Å². The number of nitrogens with one attached hydrogen (secondary N) is 1. The lowest BCUT2D eigenvalue weighted by atomic mass is 10.1. The summed E-state index contributed by atoms with van der Waals surface area (Å²) in [5.74, 6) is -0.950. The second kappa shape index (κ2) is 11.1. The van der Waals surface area contributed by atoms with Crippen LogP contribution in [0.25, 0.3) is 0 Å². The number of para-hydroxylation sites is 1. The second-order valence-electron chi connectivity index (χ2n) is 5.28. The molecule has 0 amide bonds. The van der Waals surface area contributed by atoms with Crippen LogP contribution in [0.5, 0.6) is 0 Å². The smallest absolute Gasteiger partial charge is 0.337 e. The van der Waals surface area contributed by atoms with Crippen molar-refractivity contribution in [2.45, 2.75) is 58.3 Å². The first kappa shape index (κ1) is 17.5. The van der Waals surface area contributed by atoms with Gasteiger partial charge in [-0.3, -0.25) is 10.3 Å². The van der Waals surface area contributed by atoms with Crippen LogP contribution in [0.2, 0.25) is 0 Å². The molecule has 0 aromatic heterocycles. The van der Waals surface area contributed by atoms with E-state index in [1.54, 1.807) is 24.3 Å². The van der Waals surface area contributed by atoms with Crippen molar-refractivity contribution in [3.8, 4) is 0 Å². The molecular formula is C17H27NO3. The molecule has 0 bridgehead atoms. The molecule has 1 aromatic carbocycles. The van der Waals surface area contributed by atoms with Crippen molar-refractivity contribution < 1.29 is 14.7 Å². The molecule has 1 rings (SSSR count). The third-order valence-corrected chi connectivity index (χ3v) is 3.44. The highest BCUT2D eigenvalue weighted by Gasteiger charge is 2.08. The van der Waals surface area contributed by atoms with E-state index >= 15 is 0 Å². The Morgan fingerprint density at radius 3 is 2.33 bits per heavy atom. The fourth-order valence-corrected chi connectivity index (χ4v) is 2.20. The lowest BCUT2D eigenvalue weighted by Gasteiger charge is -2.09. The zero-order chi connectivity index (χ0) is 15.3. The number of carboxylic acid groups (broad SMARTS) is 1. The summed E-state index contributed by atoms with van der Waals surface area (Å²) in [4.78, 5) is 16.4. The Bertz CT molecular complexity index is 407. The molecule has 0 radical (unpaired) electrons. The normalized spacial score (nSPS) is 10.5. The lowest BCUT2D eigenvalue weighted by Crippen LogP contribution is -2.08. The monoisotopic (exact) mass is 293 g/mol. The topological polar surface area (TPSA) is 58.6 Å². The average Bonchev–Trinajstić information content (AvgIpc) is 2.49. The standard InChI is InChI=1S/C17H27NO3/c1-2-3-4-5-6-7-8-11-14-21-18-16-13-10-9-12-15(16)17(19)20/h9-10,12-13,18H,2-8,11,14H2,1H3,(H,19,20). The van der Waals surface area contributed by atoms with Crippen LogP contribution in [0.3, 0.4) is 0 Å². The van der Waals surface area contributed by atoms with Gasteiger partial charge >= 0.3 is 5.97 Å². The van der Waals surface area contributed by atoms with Crippen LogP contribution in [0, 0.1) is 0 Å².